The van der Waals surface area contributed by atoms with Gasteiger partial charge in [0.15, 0.2) is 17.5 Å². The van der Waals surface area contributed by atoms with Crippen LogP contribution in [0, 0.1) is 0 Å². The zero-order valence-electron chi connectivity index (χ0n) is 16.8. The topological polar surface area (TPSA) is 67.4 Å². The summed E-state index contributed by atoms with van der Waals surface area (Å²) >= 11 is 0. The maximum atomic E-state index is 5.43. The predicted molar refractivity (Wildman–Crippen MR) is 114 cm³/mol. The molecule has 7 heteroatoms. The van der Waals surface area contributed by atoms with Crippen molar-refractivity contribution in [3.8, 4) is 11.5 Å². The number of hydrogen-bond acceptors (Lipinski definition) is 5. The van der Waals surface area contributed by atoms with Crippen LogP contribution in [-0.2, 0) is 17.7 Å². The molecule has 1 saturated heterocycles. The summed E-state index contributed by atoms with van der Waals surface area (Å²) in [4.78, 5) is 6.67. The monoisotopic (exact) mass is 396 g/mol. The van der Waals surface area contributed by atoms with Crippen LogP contribution in [0.15, 0.2) is 47.5 Å². The fourth-order valence-electron chi connectivity index (χ4n) is 3.47. The van der Waals surface area contributed by atoms with Crippen LogP contribution in [0.5, 0.6) is 11.5 Å². The van der Waals surface area contributed by atoms with Crippen molar-refractivity contribution in [3.05, 3.63) is 53.6 Å². The summed E-state index contributed by atoms with van der Waals surface area (Å²) in [6, 6.07) is 14.8. The summed E-state index contributed by atoms with van der Waals surface area (Å²) in [5, 5.41) is 6.74. The van der Waals surface area contributed by atoms with Crippen LogP contribution < -0.4 is 25.0 Å². The molecule has 2 aliphatic heterocycles. The molecule has 0 aliphatic carbocycles. The van der Waals surface area contributed by atoms with Gasteiger partial charge in [0, 0.05) is 38.9 Å². The van der Waals surface area contributed by atoms with Crippen molar-refractivity contribution in [2.75, 3.05) is 51.6 Å². The van der Waals surface area contributed by atoms with Crippen LogP contribution in [0.1, 0.15) is 11.1 Å². The Balaban J connectivity index is 1.22. The fourth-order valence-corrected chi connectivity index (χ4v) is 3.47. The van der Waals surface area contributed by atoms with Crippen LogP contribution in [0.25, 0.3) is 0 Å². The molecule has 29 heavy (non-hydrogen) atoms. The molecule has 0 saturated carbocycles. The van der Waals surface area contributed by atoms with E-state index in [1.54, 1.807) is 7.05 Å². The highest BCUT2D eigenvalue weighted by Gasteiger charge is 2.13. The molecule has 0 bridgehead atoms. The zero-order valence-corrected chi connectivity index (χ0v) is 16.8. The SMILES string of the molecule is CN=C(NCCc1ccc2c(c1)OCO2)NCc1ccc(N2CCOCC2)cc1. The number of nitrogens with one attached hydrogen (secondary N) is 2. The maximum absolute atomic E-state index is 5.43. The van der Waals surface area contributed by atoms with E-state index >= 15 is 0 Å². The van der Waals surface area contributed by atoms with Crippen LogP contribution in [-0.4, -0.2) is 52.6 Å². The van der Waals surface area contributed by atoms with E-state index in [0.717, 1.165) is 63.3 Å². The number of fused-ring (bicyclic) bond motifs is 1. The molecule has 7 nitrogen and oxygen atoms in total. The molecule has 1 fully saturated rings. The van der Waals surface area contributed by atoms with Gasteiger partial charge >= 0.3 is 0 Å². The molecule has 0 aromatic heterocycles. The Labute approximate surface area is 171 Å². The van der Waals surface area contributed by atoms with E-state index in [4.69, 9.17) is 14.2 Å². The average molecular weight is 396 g/mol. The number of ether oxygens (including phenoxy) is 3. The van der Waals surface area contributed by atoms with Gasteiger partial charge in [-0.2, -0.15) is 0 Å². The largest absolute Gasteiger partial charge is 0.454 e. The molecule has 0 radical (unpaired) electrons. The molecule has 2 aliphatic rings. The van der Waals surface area contributed by atoms with Crippen molar-refractivity contribution in [2.24, 2.45) is 4.99 Å². The predicted octanol–water partition coefficient (Wildman–Crippen LogP) is 2.16. The minimum atomic E-state index is 0.307. The molecule has 2 heterocycles. The smallest absolute Gasteiger partial charge is 0.231 e. The Morgan fingerprint density at radius 1 is 0.966 bits per heavy atom. The van der Waals surface area contributed by atoms with Crippen LogP contribution in [0.3, 0.4) is 0 Å². The van der Waals surface area contributed by atoms with Crippen LogP contribution >= 0.6 is 0 Å². The molecule has 0 spiro atoms. The van der Waals surface area contributed by atoms with Crippen LogP contribution in [0.4, 0.5) is 5.69 Å². The fraction of sp³-hybridized carbons (Fsp3) is 0.409. The molecule has 4 rings (SSSR count). The molecule has 2 aromatic rings. The van der Waals surface area contributed by atoms with Gasteiger partial charge < -0.3 is 29.7 Å². The normalized spacial score (nSPS) is 16.0. The lowest BCUT2D eigenvalue weighted by molar-refractivity contribution is 0.122. The first-order valence-corrected chi connectivity index (χ1v) is 10.1. The quantitative estimate of drug-likeness (QED) is 0.576. The number of morpholine rings is 1. The van der Waals surface area contributed by atoms with Crippen molar-refractivity contribution < 1.29 is 14.2 Å². The van der Waals surface area contributed by atoms with Gasteiger partial charge in [-0.05, 0) is 41.8 Å². The van der Waals surface area contributed by atoms with Gasteiger partial charge in [-0.15, -0.1) is 0 Å². The number of benzene rings is 2. The third-order valence-corrected chi connectivity index (χ3v) is 5.14. The molecule has 0 unspecified atom stereocenters. The van der Waals surface area contributed by atoms with Crippen molar-refractivity contribution >= 4 is 11.6 Å². The lowest BCUT2D eigenvalue weighted by Gasteiger charge is -2.28. The second kappa shape index (κ2) is 9.52. The Morgan fingerprint density at radius 2 is 1.72 bits per heavy atom. The van der Waals surface area contributed by atoms with Crippen LogP contribution in [0.2, 0.25) is 0 Å². The second-order valence-corrected chi connectivity index (χ2v) is 7.06. The van der Waals surface area contributed by atoms with Crippen molar-refractivity contribution in [2.45, 2.75) is 13.0 Å². The van der Waals surface area contributed by atoms with Gasteiger partial charge in [0.05, 0.1) is 13.2 Å². The lowest BCUT2D eigenvalue weighted by atomic mass is 10.1. The number of guanidine groups is 1. The molecule has 2 aromatic carbocycles. The number of aliphatic imine (C=N–C) groups is 1. The van der Waals surface area contributed by atoms with Gasteiger partial charge in [0.1, 0.15) is 0 Å². The summed E-state index contributed by atoms with van der Waals surface area (Å²) in [6.45, 7) is 5.34. The third kappa shape index (κ3) is 5.12. The highest BCUT2D eigenvalue weighted by Crippen LogP contribution is 2.32. The summed E-state index contributed by atoms with van der Waals surface area (Å²) in [5.41, 5.74) is 3.68. The van der Waals surface area contributed by atoms with E-state index in [2.05, 4.69) is 50.9 Å². The third-order valence-electron chi connectivity index (χ3n) is 5.14. The van der Waals surface area contributed by atoms with Crippen molar-refractivity contribution in [1.82, 2.24) is 10.6 Å². The average Bonchev–Trinajstić information content (AvgIpc) is 3.25. The summed E-state index contributed by atoms with van der Waals surface area (Å²) < 4.78 is 16.2. The highest BCUT2D eigenvalue weighted by atomic mass is 16.7. The lowest BCUT2D eigenvalue weighted by Crippen LogP contribution is -2.38. The van der Waals surface area contributed by atoms with E-state index in [0.29, 0.717) is 6.79 Å². The van der Waals surface area contributed by atoms with Gasteiger partial charge in [0.2, 0.25) is 6.79 Å². The first kappa shape index (κ1) is 19.4. The van der Waals surface area contributed by atoms with Gasteiger partial charge in [-0.3, -0.25) is 4.99 Å². The Hall–Kier alpha value is -2.93. The number of anilines is 1. The van der Waals surface area contributed by atoms with Gasteiger partial charge in [-0.25, -0.2) is 0 Å². The zero-order chi connectivity index (χ0) is 19.9. The van der Waals surface area contributed by atoms with E-state index in [-0.39, 0.29) is 0 Å². The number of nitrogens with zero attached hydrogens (tertiary/aromatic N) is 2. The number of rotatable bonds is 6. The van der Waals surface area contributed by atoms with Crippen molar-refractivity contribution in [1.29, 1.82) is 0 Å². The molecular weight excluding hydrogens is 368 g/mol. The molecular formula is C22H28N4O3. The van der Waals surface area contributed by atoms with E-state index < -0.39 is 0 Å². The number of hydrogen-bond donors (Lipinski definition) is 2. The summed E-state index contributed by atoms with van der Waals surface area (Å²) in [7, 11) is 1.79. The first-order valence-electron chi connectivity index (χ1n) is 10.1. The Bertz CT molecular complexity index is 832. The van der Waals surface area contributed by atoms with E-state index in [9.17, 15) is 0 Å². The highest BCUT2D eigenvalue weighted by molar-refractivity contribution is 5.79. The summed E-state index contributed by atoms with van der Waals surface area (Å²) in [5.74, 6) is 2.44. The maximum Gasteiger partial charge on any atom is 0.231 e. The summed E-state index contributed by atoms with van der Waals surface area (Å²) in [6.07, 6.45) is 0.881. The van der Waals surface area contributed by atoms with Crippen molar-refractivity contribution in [3.63, 3.8) is 0 Å². The molecule has 0 atom stereocenters. The first-order chi connectivity index (χ1) is 14.3. The molecule has 0 amide bonds. The Morgan fingerprint density at radius 3 is 2.52 bits per heavy atom. The Kier molecular flexibility index (Phi) is 6.36. The minimum absolute atomic E-state index is 0.307. The second-order valence-electron chi connectivity index (χ2n) is 7.06. The van der Waals surface area contributed by atoms with Gasteiger partial charge in [-0.1, -0.05) is 18.2 Å². The van der Waals surface area contributed by atoms with E-state index in [1.165, 1.54) is 16.8 Å². The minimum Gasteiger partial charge on any atom is -0.454 e. The van der Waals surface area contributed by atoms with Gasteiger partial charge in [0.25, 0.3) is 0 Å². The molecule has 154 valence electrons. The molecule has 2 N–H and O–H groups in total. The van der Waals surface area contributed by atoms with E-state index in [1.807, 2.05) is 12.1 Å². The standard InChI is InChI=1S/C22H28N4O3/c1-23-22(24-9-8-17-4-7-20-21(14-17)29-16-28-20)25-15-18-2-5-19(6-3-18)26-10-12-27-13-11-26/h2-7,14H,8-13,15-16H2,1H3,(H2,23,24,25).